The van der Waals surface area contributed by atoms with E-state index in [1.54, 1.807) is 11.1 Å². The number of hydrogen-bond donors (Lipinski definition) is 0. The highest BCUT2D eigenvalue weighted by molar-refractivity contribution is 9.11. The van der Waals surface area contributed by atoms with Gasteiger partial charge in [-0.1, -0.05) is 52.4 Å². The van der Waals surface area contributed by atoms with Crippen LogP contribution in [0.2, 0.25) is 0 Å². The van der Waals surface area contributed by atoms with Crippen molar-refractivity contribution in [2.75, 3.05) is 0 Å². The molecule has 0 amide bonds. The third kappa shape index (κ3) is 5.88. The van der Waals surface area contributed by atoms with E-state index >= 15 is 0 Å². The summed E-state index contributed by atoms with van der Waals surface area (Å²) in [5.74, 6) is 0. The highest BCUT2D eigenvalue weighted by atomic mass is 79.9. The zero-order valence-electron chi connectivity index (χ0n) is 11.9. The molecule has 0 aliphatic heterocycles. The second-order valence-corrected chi connectivity index (χ2v) is 7.33. The van der Waals surface area contributed by atoms with Gasteiger partial charge in [-0.3, -0.25) is 0 Å². The standard InChI is InChI=1S/C16H27BrS/c1-3-5-7-9-11-14-13-18-16(17)15(14)12-10-8-6-4-2/h13H,3-12H2,1-2H3. The largest absolute Gasteiger partial charge is 0.136 e. The lowest BCUT2D eigenvalue weighted by Crippen LogP contribution is -1.92. The van der Waals surface area contributed by atoms with Crippen molar-refractivity contribution in [1.82, 2.24) is 0 Å². The van der Waals surface area contributed by atoms with Gasteiger partial charge in [-0.15, -0.1) is 11.3 Å². The summed E-state index contributed by atoms with van der Waals surface area (Å²) in [6.07, 6.45) is 13.5. The molecule has 1 aromatic rings. The molecule has 0 saturated carbocycles. The van der Waals surface area contributed by atoms with Gasteiger partial charge in [0, 0.05) is 0 Å². The first-order valence-corrected chi connectivity index (χ1v) is 9.21. The van der Waals surface area contributed by atoms with E-state index in [2.05, 4.69) is 35.2 Å². The van der Waals surface area contributed by atoms with Gasteiger partial charge in [-0.05, 0) is 58.1 Å². The van der Waals surface area contributed by atoms with E-state index in [0.717, 1.165) is 0 Å². The Morgan fingerprint density at radius 2 is 1.50 bits per heavy atom. The lowest BCUT2D eigenvalue weighted by atomic mass is 10.0. The highest BCUT2D eigenvalue weighted by Gasteiger charge is 2.09. The van der Waals surface area contributed by atoms with E-state index in [9.17, 15) is 0 Å². The van der Waals surface area contributed by atoms with Crippen molar-refractivity contribution in [2.24, 2.45) is 0 Å². The van der Waals surface area contributed by atoms with Gasteiger partial charge >= 0.3 is 0 Å². The van der Waals surface area contributed by atoms with Crippen molar-refractivity contribution >= 4 is 27.3 Å². The molecule has 0 aromatic carbocycles. The summed E-state index contributed by atoms with van der Waals surface area (Å²) < 4.78 is 1.38. The van der Waals surface area contributed by atoms with E-state index < -0.39 is 0 Å². The second kappa shape index (κ2) is 10.0. The van der Waals surface area contributed by atoms with Crippen LogP contribution in [-0.4, -0.2) is 0 Å². The van der Waals surface area contributed by atoms with Crippen LogP contribution < -0.4 is 0 Å². The molecule has 0 atom stereocenters. The minimum absolute atomic E-state index is 1.27. The molecule has 0 nitrogen and oxygen atoms in total. The number of halogens is 1. The fourth-order valence-electron chi connectivity index (χ4n) is 2.33. The maximum atomic E-state index is 3.73. The molecule has 1 rings (SSSR count). The molecule has 18 heavy (non-hydrogen) atoms. The van der Waals surface area contributed by atoms with E-state index in [1.165, 1.54) is 68.0 Å². The third-order valence-electron chi connectivity index (χ3n) is 3.51. The Hall–Kier alpha value is 0.180. The molecule has 0 saturated heterocycles. The Balaban J connectivity index is 2.37. The predicted octanol–water partition coefficient (Wildman–Crippen LogP) is 6.76. The number of rotatable bonds is 10. The normalized spacial score (nSPS) is 11.1. The summed E-state index contributed by atoms with van der Waals surface area (Å²) in [7, 11) is 0. The van der Waals surface area contributed by atoms with Gasteiger partial charge in [0.25, 0.3) is 0 Å². The van der Waals surface area contributed by atoms with Gasteiger partial charge in [-0.25, -0.2) is 0 Å². The first kappa shape index (κ1) is 16.2. The molecule has 2 heteroatoms. The van der Waals surface area contributed by atoms with Gasteiger partial charge in [0.15, 0.2) is 0 Å². The Morgan fingerprint density at radius 3 is 2.11 bits per heavy atom. The molecule has 1 heterocycles. The second-order valence-electron chi connectivity index (χ2n) is 5.13. The van der Waals surface area contributed by atoms with Crippen LogP contribution in [0.1, 0.15) is 76.3 Å². The average molecular weight is 331 g/mol. The molecule has 0 spiro atoms. The maximum absolute atomic E-state index is 3.73. The van der Waals surface area contributed by atoms with Crippen LogP contribution in [0.25, 0.3) is 0 Å². The summed E-state index contributed by atoms with van der Waals surface area (Å²) in [5.41, 5.74) is 3.21. The summed E-state index contributed by atoms with van der Waals surface area (Å²) in [6.45, 7) is 4.56. The van der Waals surface area contributed by atoms with Crippen LogP contribution in [-0.2, 0) is 12.8 Å². The predicted molar refractivity (Wildman–Crippen MR) is 87.7 cm³/mol. The number of unbranched alkanes of at least 4 members (excludes halogenated alkanes) is 6. The number of thiophene rings is 1. The zero-order chi connectivity index (χ0) is 13.2. The van der Waals surface area contributed by atoms with Crippen molar-refractivity contribution < 1.29 is 0 Å². The average Bonchev–Trinajstić information content (AvgIpc) is 2.72. The zero-order valence-corrected chi connectivity index (χ0v) is 14.3. The van der Waals surface area contributed by atoms with Gasteiger partial charge in [0.05, 0.1) is 3.79 Å². The van der Waals surface area contributed by atoms with Crippen molar-refractivity contribution in [3.63, 3.8) is 0 Å². The first-order chi connectivity index (χ1) is 8.79. The Kier molecular flexibility index (Phi) is 9.04. The van der Waals surface area contributed by atoms with Crippen LogP contribution in [0.3, 0.4) is 0 Å². The summed E-state index contributed by atoms with van der Waals surface area (Å²) >= 11 is 5.60. The molecule has 0 aliphatic rings. The van der Waals surface area contributed by atoms with Crippen LogP contribution >= 0.6 is 27.3 Å². The molecule has 1 aromatic heterocycles. The van der Waals surface area contributed by atoms with E-state index in [-0.39, 0.29) is 0 Å². The molecule has 0 bridgehead atoms. The van der Waals surface area contributed by atoms with Crippen molar-refractivity contribution in [1.29, 1.82) is 0 Å². The minimum Gasteiger partial charge on any atom is -0.136 e. The van der Waals surface area contributed by atoms with Crippen molar-refractivity contribution in [3.05, 3.63) is 20.3 Å². The van der Waals surface area contributed by atoms with Crippen molar-refractivity contribution in [2.45, 2.75) is 78.1 Å². The maximum Gasteiger partial charge on any atom is 0.0733 e. The highest BCUT2D eigenvalue weighted by Crippen LogP contribution is 2.31. The number of hydrogen-bond acceptors (Lipinski definition) is 1. The van der Waals surface area contributed by atoms with E-state index in [0.29, 0.717) is 0 Å². The summed E-state index contributed by atoms with van der Waals surface area (Å²) in [6, 6.07) is 0. The van der Waals surface area contributed by atoms with E-state index in [1.807, 2.05) is 11.3 Å². The monoisotopic (exact) mass is 330 g/mol. The smallest absolute Gasteiger partial charge is 0.0733 e. The molecule has 0 radical (unpaired) electrons. The lowest BCUT2D eigenvalue weighted by molar-refractivity contribution is 0.651. The molecule has 0 N–H and O–H groups in total. The Bertz CT molecular complexity index is 317. The molecule has 0 unspecified atom stereocenters. The van der Waals surface area contributed by atoms with Crippen LogP contribution in [0, 0.1) is 0 Å². The van der Waals surface area contributed by atoms with Gasteiger partial charge in [0.1, 0.15) is 0 Å². The lowest BCUT2D eigenvalue weighted by Gasteiger charge is -2.05. The van der Waals surface area contributed by atoms with Crippen molar-refractivity contribution in [3.8, 4) is 0 Å². The quantitative estimate of drug-likeness (QED) is 0.416. The molecule has 104 valence electrons. The summed E-state index contributed by atoms with van der Waals surface area (Å²) in [4.78, 5) is 0. The van der Waals surface area contributed by atoms with Crippen LogP contribution in [0.4, 0.5) is 0 Å². The SMILES string of the molecule is CCCCCCc1csc(Br)c1CCCCCC. The molecule has 0 aliphatic carbocycles. The molecule has 0 fully saturated rings. The minimum atomic E-state index is 1.27. The Morgan fingerprint density at radius 1 is 0.889 bits per heavy atom. The van der Waals surface area contributed by atoms with Gasteiger partial charge in [-0.2, -0.15) is 0 Å². The Labute approximate surface area is 125 Å². The fraction of sp³-hybridized carbons (Fsp3) is 0.750. The van der Waals surface area contributed by atoms with Gasteiger partial charge < -0.3 is 0 Å². The fourth-order valence-corrected chi connectivity index (χ4v) is 3.95. The topological polar surface area (TPSA) is 0 Å². The van der Waals surface area contributed by atoms with Crippen LogP contribution in [0.15, 0.2) is 9.17 Å². The number of aryl methyl sites for hydroxylation is 1. The molecular formula is C16H27BrS. The third-order valence-corrected chi connectivity index (χ3v) is 5.40. The first-order valence-electron chi connectivity index (χ1n) is 7.54. The molecular weight excluding hydrogens is 304 g/mol. The van der Waals surface area contributed by atoms with Gasteiger partial charge in [0.2, 0.25) is 0 Å². The van der Waals surface area contributed by atoms with E-state index in [4.69, 9.17) is 0 Å². The van der Waals surface area contributed by atoms with Crippen LogP contribution in [0.5, 0.6) is 0 Å². The summed E-state index contributed by atoms with van der Waals surface area (Å²) in [5, 5.41) is 2.37.